The first kappa shape index (κ1) is 11.4. The van der Waals surface area contributed by atoms with E-state index in [9.17, 15) is 4.79 Å². The topological polar surface area (TPSA) is 50.1 Å². The average Bonchev–Trinajstić information content (AvgIpc) is 2.96. The first-order valence-electron chi connectivity index (χ1n) is 4.87. The molecule has 0 spiro atoms. The predicted octanol–water partition coefficient (Wildman–Crippen LogP) is 1.98. The third-order valence-electron chi connectivity index (χ3n) is 2.16. The van der Waals surface area contributed by atoms with Crippen LogP contribution >= 0.6 is 11.8 Å². The SMILES string of the molecule is CCCOC(=O)CSCC1(C#N)CC1. The van der Waals surface area contributed by atoms with Crippen molar-refractivity contribution >= 4 is 17.7 Å². The number of carbonyl (C=O) groups is 1. The standard InChI is InChI=1S/C10H15NO2S/c1-2-5-13-9(12)6-14-8-10(7-11)3-4-10/h2-6,8H2,1H3. The van der Waals surface area contributed by atoms with Crippen LogP contribution in [-0.4, -0.2) is 24.1 Å². The highest BCUT2D eigenvalue weighted by Gasteiger charge is 2.42. The summed E-state index contributed by atoms with van der Waals surface area (Å²) in [5.74, 6) is 0.985. The summed E-state index contributed by atoms with van der Waals surface area (Å²) in [6.45, 7) is 2.47. The van der Waals surface area contributed by atoms with Crippen molar-refractivity contribution in [2.24, 2.45) is 5.41 Å². The smallest absolute Gasteiger partial charge is 0.315 e. The Labute approximate surface area is 88.8 Å². The molecule has 0 aromatic heterocycles. The van der Waals surface area contributed by atoms with Crippen LogP contribution in [0, 0.1) is 16.7 Å². The van der Waals surface area contributed by atoms with E-state index in [1.54, 1.807) is 0 Å². The van der Waals surface area contributed by atoms with Gasteiger partial charge in [-0.25, -0.2) is 0 Å². The Hall–Kier alpha value is -0.690. The van der Waals surface area contributed by atoms with Crippen molar-refractivity contribution in [1.29, 1.82) is 5.26 Å². The molecule has 1 aliphatic carbocycles. The maximum absolute atomic E-state index is 11.1. The van der Waals surface area contributed by atoms with E-state index in [2.05, 4.69) is 6.07 Å². The van der Waals surface area contributed by atoms with Gasteiger partial charge in [0.25, 0.3) is 0 Å². The summed E-state index contributed by atoms with van der Waals surface area (Å²) < 4.78 is 4.92. The van der Waals surface area contributed by atoms with E-state index in [0.717, 1.165) is 25.0 Å². The molecule has 78 valence electrons. The minimum Gasteiger partial charge on any atom is -0.465 e. The van der Waals surface area contributed by atoms with Crippen molar-refractivity contribution in [3.8, 4) is 6.07 Å². The zero-order valence-corrected chi connectivity index (χ0v) is 9.23. The molecule has 0 bridgehead atoms. The Kier molecular flexibility index (Phi) is 4.27. The Morgan fingerprint density at radius 3 is 2.86 bits per heavy atom. The van der Waals surface area contributed by atoms with E-state index in [-0.39, 0.29) is 11.4 Å². The molecule has 1 saturated carbocycles. The molecule has 0 saturated heterocycles. The van der Waals surface area contributed by atoms with Crippen LogP contribution in [0.5, 0.6) is 0 Å². The van der Waals surface area contributed by atoms with Gasteiger partial charge in [0.1, 0.15) is 0 Å². The van der Waals surface area contributed by atoms with Crippen LogP contribution in [0.4, 0.5) is 0 Å². The molecule has 0 unspecified atom stereocenters. The fraction of sp³-hybridized carbons (Fsp3) is 0.800. The summed E-state index contributed by atoms with van der Waals surface area (Å²) in [4.78, 5) is 11.1. The highest BCUT2D eigenvalue weighted by atomic mass is 32.2. The summed E-state index contributed by atoms with van der Waals surface area (Å²) in [5.41, 5.74) is -0.115. The Morgan fingerprint density at radius 2 is 2.36 bits per heavy atom. The molecule has 0 radical (unpaired) electrons. The van der Waals surface area contributed by atoms with Crippen LogP contribution in [0.15, 0.2) is 0 Å². The number of carbonyl (C=O) groups excluding carboxylic acids is 1. The van der Waals surface area contributed by atoms with Crippen LogP contribution < -0.4 is 0 Å². The van der Waals surface area contributed by atoms with E-state index in [1.165, 1.54) is 11.8 Å². The number of rotatable bonds is 6. The van der Waals surface area contributed by atoms with Crippen LogP contribution in [0.3, 0.4) is 0 Å². The van der Waals surface area contributed by atoms with Crippen molar-refractivity contribution < 1.29 is 9.53 Å². The molecule has 1 rings (SSSR count). The number of nitriles is 1. The highest BCUT2D eigenvalue weighted by molar-refractivity contribution is 7.99. The average molecular weight is 213 g/mol. The molecular weight excluding hydrogens is 198 g/mol. The zero-order valence-electron chi connectivity index (χ0n) is 8.41. The van der Waals surface area contributed by atoms with Gasteiger partial charge >= 0.3 is 5.97 Å². The highest BCUT2D eigenvalue weighted by Crippen LogP contribution is 2.47. The second kappa shape index (κ2) is 5.26. The number of nitrogens with zero attached hydrogens (tertiary/aromatic N) is 1. The number of esters is 1. The van der Waals surface area contributed by atoms with Gasteiger partial charge in [-0.1, -0.05) is 6.92 Å². The van der Waals surface area contributed by atoms with Crippen LogP contribution in [0.2, 0.25) is 0 Å². The Bertz CT molecular complexity index is 243. The van der Waals surface area contributed by atoms with Crippen molar-refractivity contribution in [3.05, 3.63) is 0 Å². The molecule has 0 aromatic carbocycles. The Morgan fingerprint density at radius 1 is 1.64 bits per heavy atom. The summed E-state index contributed by atoms with van der Waals surface area (Å²) in [7, 11) is 0. The third kappa shape index (κ3) is 3.59. The maximum atomic E-state index is 11.1. The number of ether oxygens (including phenoxy) is 1. The van der Waals surface area contributed by atoms with Gasteiger partial charge in [0.2, 0.25) is 0 Å². The minimum absolute atomic E-state index is 0.115. The van der Waals surface area contributed by atoms with Gasteiger partial charge in [0.05, 0.1) is 23.8 Å². The second-order valence-electron chi connectivity index (χ2n) is 3.61. The number of hydrogen-bond acceptors (Lipinski definition) is 4. The van der Waals surface area contributed by atoms with E-state index in [1.807, 2.05) is 6.92 Å². The fourth-order valence-electron chi connectivity index (χ4n) is 1.03. The van der Waals surface area contributed by atoms with Gasteiger partial charge < -0.3 is 4.74 Å². The molecule has 4 heteroatoms. The first-order valence-corrected chi connectivity index (χ1v) is 6.02. The van der Waals surface area contributed by atoms with Gasteiger partial charge in [-0.15, -0.1) is 11.8 Å². The largest absolute Gasteiger partial charge is 0.465 e. The molecule has 0 aliphatic heterocycles. The van der Waals surface area contributed by atoms with Gasteiger partial charge in [0.15, 0.2) is 0 Å². The van der Waals surface area contributed by atoms with Gasteiger partial charge in [-0.2, -0.15) is 5.26 Å². The lowest BCUT2D eigenvalue weighted by Gasteiger charge is -2.05. The molecule has 14 heavy (non-hydrogen) atoms. The van der Waals surface area contributed by atoms with Crippen LogP contribution in [-0.2, 0) is 9.53 Å². The lowest BCUT2D eigenvalue weighted by atomic mass is 10.2. The van der Waals surface area contributed by atoms with Gasteiger partial charge in [-0.05, 0) is 19.3 Å². The van der Waals surface area contributed by atoms with Crippen LogP contribution in [0.1, 0.15) is 26.2 Å². The lowest BCUT2D eigenvalue weighted by Crippen LogP contribution is -2.10. The molecule has 0 N–H and O–H groups in total. The van der Waals surface area contributed by atoms with Crippen molar-refractivity contribution in [3.63, 3.8) is 0 Å². The third-order valence-corrected chi connectivity index (χ3v) is 3.35. The number of hydrogen-bond donors (Lipinski definition) is 0. The maximum Gasteiger partial charge on any atom is 0.315 e. The molecule has 0 atom stereocenters. The molecule has 1 aliphatic rings. The van der Waals surface area contributed by atoms with E-state index >= 15 is 0 Å². The first-order chi connectivity index (χ1) is 6.72. The van der Waals surface area contributed by atoms with E-state index in [4.69, 9.17) is 10.00 Å². The summed E-state index contributed by atoms with van der Waals surface area (Å²) in [6.07, 6.45) is 2.83. The minimum atomic E-state index is -0.161. The molecule has 1 fully saturated rings. The monoisotopic (exact) mass is 213 g/mol. The van der Waals surface area contributed by atoms with Gasteiger partial charge in [0, 0.05) is 5.75 Å². The molecule has 3 nitrogen and oxygen atoms in total. The zero-order chi connectivity index (χ0) is 10.4. The van der Waals surface area contributed by atoms with Crippen molar-refractivity contribution in [2.45, 2.75) is 26.2 Å². The normalized spacial score (nSPS) is 17.1. The molecule has 0 heterocycles. The van der Waals surface area contributed by atoms with Gasteiger partial charge in [-0.3, -0.25) is 4.79 Å². The van der Waals surface area contributed by atoms with E-state index < -0.39 is 0 Å². The number of thioether (sulfide) groups is 1. The molecule has 0 aromatic rings. The predicted molar refractivity (Wildman–Crippen MR) is 55.9 cm³/mol. The lowest BCUT2D eigenvalue weighted by molar-refractivity contribution is -0.140. The van der Waals surface area contributed by atoms with Crippen LogP contribution in [0.25, 0.3) is 0 Å². The fourth-order valence-corrected chi connectivity index (χ4v) is 2.12. The Balaban J connectivity index is 2.04. The van der Waals surface area contributed by atoms with Crippen molar-refractivity contribution in [1.82, 2.24) is 0 Å². The molecular formula is C10H15NO2S. The summed E-state index contributed by atoms with van der Waals surface area (Å²) in [6, 6.07) is 2.30. The quantitative estimate of drug-likeness (QED) is 0.633. The summed E-state index contributed by atoms with van der Waals surface area (Å²) >= 11 is 1.51. The van der Waals surface area contributed by atoms with E-state index in [0.29, 0.717) is 12.4 Å². The second-order valence-corrected chi connectivity index (χ2v) is 4.59. The summed E-state index contributed by atoms with van der Waals surface area (Å²) in [5, 5.41) is 8.78. The van der Waals surface area contributed by atoms with Crippen molar-refractivity contribution in [2.75, 3.05) is 18.1 Å². The molecule has 0 amide bonds.